The van der Waals surface area contributed by atoms with Crippen molar-refractivity contribution in [1.82, 2.24) is 20.1 Å². The van der Waals surface area contributed by atoms with Gasteiger partial charge in [-0.05, 0) is 43.9 Å². The smallest absolute Gasteiger partial charge is 0.230 e. The Kier molecular flexibility index (Phi) is 6.97. The molecule has 1 fully saturated rings. The number of aromatic nitrogens is 3. The van der Waals surface area contributed by atoms with E-state index < -0.39 is 0 Å². The number of aryl methyl sites for hydroxylation is 1. The number of hydrogen-bond acceptors (Lipinski definition) is 4. The third kappa shape index (κ3) is 5.24. The molecule has 1 amide bonds. The van der Waals surface area contributed by atoms with Crippen LogP contribution >= 0.6 is 23.4 Å². The number of carbonyl (C=O) groups excluding carboxylic acids is 1. The fourth-order valence-electron chi connectivity index (χ4n) is 3.39. The minimum absolute atomic E-state index is 0.0276. The summed E-state index contributed by atoms with van der Waals surface area (Å²) in [7, 11) is 0. The Bertz CT molecular complexity index is 726. The zero-order valence-electron chi connectivity index (χ0n) is 15.1. The van der Waals surface area contributed by atoms with Gasteiger partial charge in [0, 0.05) is 17.6 Å². The van der Waals surface area contributed by atoms with Crippen LogP contribution in [0.15, 0.2) is 29.4 Å². The van der Waals surface area contributed by atoms with Gasteiger partial charge in [-0.3, -0.25) is 4.79 Å². The molecular weight excluding hydrogens is 368 g/mol. The molecule has 7 heteroatoms. The van der Waals surface area contributed by atoms with Crippen molar-refractivity contribution in [3.05, 3.63) is 40.7 Å². The number of thioether (sulfide) groups is 1. The lowest BCUT2D eigenvalue weighted by Crippen LogP contribution is -2.27. The molecule has 0 bridgehead atoms. The monoisotopic (exact) mass is 392 g/mol. The van der Waals surface area contributed by atoms with Crippen LogP contribution in [0.5, 0.6) is 0 Å². The van der Waals surface area contributed by atoms with Crippen LogP contribution < -0.4 is 5.32 Å². The van der Waals surface area contributed by atoms with Crippen LogP contribution in [0.25, 0.3) is 0 Å². The fourth-order valence-corrected chi connectivity index (χ4v) is 4.39. The van der Waals surface area contributed by atoms with Crippen molar-refractivity contribution in [2.75, 3.05) is 12.3 Å². The highest BCUT2D eigenvalue weighted by atomic mass is 35.5. The van der Waals surface area contributed by atoms with Gasteiger partial charge in [0.05, 0.1) is 5.75 Å². The number of rotatable bonds is 7. The molecule has 1 N–H and O–H groups in total. The lowest BCUT2D eigenvalue weighted by molar-refractivity contribution is -0.118. The van der Waals surface area contributed by atoms with Crippen molar-refractivity contribution in [3.63, 3.8) is 0 Å². The van der Waals surface area contributed by atoms with Gasteiger partial charge in [0.1, 0.15) is 5.82 Å². The molecular formula is C19H25ClN4OS. The molecule has 140 valence electrons. The molecule has 0 aliphatic heterocycles. The predicted molar refractivity (Wildman–Crippen MR) is 106 cm³/mol. The van der Waals surface area contributed by atoms with Crippen LogP contribution in [-0.4, -0.2) is 33.0 Å². The van der Waals surface area contributed by atoms with Crippen molar-refractivity contribution in [2.45, 2.75) is 56.6 Å². The Morgan fingerprint density at radius 1 is 1.23 bits per heavy atom. The van der Waals surface area contributed by atoms with E-state index in [1.54, 1.807) is 0 Å². The second kappa shape index (κ2) is 9.42. The van der Waals surface area contributed by atoms with Gasteiger partial charge in [0.15, 0.2) is 5.16 Å². The van der Waals surface area contributed by atoms with Gasteiger partial charge in [-0.25, -0.2) is 0 Å². The van der Waals surface area contributed by atoms with Gasteiger partial charge < -0.3 is 9.88 Å². The minimum atomic E-state index is 0.0276. The van der Waals surface area contributed by atoms with Gasteiger partial charge in [-0.1, -0.05) is 54.8 Å². The predicted octanol–water partition coefficient (Wildman–Crippen LogP) is 4.20. The van der Waals surface area contributed by atoms with Crippen LogP contribution in [0.3, 0.4) is 0 Å². The Balaban J connectivity index is 1.46. The van der Waals surface area contributed by atoms with Crippen molar-refractivity contribution < 1.29 is 4.79 Å². The molecule has 2 aromatic rings. The van der Waals surface area contributed by atoms with Crippen molar-refractivity contribution in [2.24, 2.45) is 0 Å². The first-order valence-corrected chi connectivity index (χ1v) is 10.6. The number of hydrogen-bond donors (Lipinski definition) is 1. The number of carbonyl (C=O) groups is 1. The van der Waals surface area contributed by atoms with E-state index >= 15 is 0 Å². The first-order chi connectivity index (χ1) is 12.6. The molecule has 1 aliphatic carbocycles. The topological polar surface area (TPSA) is 59.8 Å². The molecule has 1 aromatic carbocycles. The molecule has 3 rings (SSSR count). The van der Waals surface area contributed by atoms with E-state index in [0.717, 1.165) is 28.0 Å². The van der Waals surface area contributed by atoms with E-state index in [2.05, 4.69) is 20.1 Å². The van der Waals surface area contributed by atoms with Gasteiger partial charge in [0.25, 0.3) is 0 Å². The van der Waals surface area contributed by atoms with Crippen molar-refractivity contribution in [3.8, 4) is 0 Å². The maximum atomic E-state index is 12.1. The SMILES string of the molecule is Cc1nnc(SCC(=O)NCCc2ccc(Cl)cc2)n1C1CCCCC1. The van der Waals surface area contributed by atoms with E-state index in [4.69, 9.17) is 11.6 Å². The van der Waals surface area contributed by atoms with Gasteiger partial charge in [0.2, 0.25) is 5.91 Å². The molecule has 1 aromatic heterocycles. The summed E-state index contributed by atoms with van der Waals surface area (Å²) in [6.45, 7) is 2.62. The van der Waals surface area contributed by atoms with E-state index in [9.17, 15) is 4.79 Å². The van der Waals surface area contributed by atoms with Crippen LogP contribution in [0, 0.1) is 6.92 Å². The quantitative estimate of drug-likeness (QED) is 0.717. The molecule has 1 heterocycles. The summed E-state index contributed by atoms with van der Waals surface area (Å²) in [4.78, 5) is 12.1. The van der Waals surface area contributed by atoms with E-state index in [0.29, 0.717) is 18.3 Å². The number of benzene rings is 1. The zero-order valence-corrected chi connectivity index (χ0v) is 16.7. The second-order valence-corrected chi connectivity index (χ2v) is 8.09. The molecule has 0 saturated heterocycles. The summed E-state index contributed by atoms with van der Waals surface area (Å²) in [5, 5.41) is 13.1. The molecule has 26 heavy (non-hydrogen) atoms. The summed E-state index contributed by atoms with van der Waals surface area (Å²) in [6.07, 6.45) is 7.00. The second-order valence-electron chi connectivity index (χ2n) is 6.71. The summed E-state index contributed by atoms with van der Waals surface area (Å²) in [6, 6.07) is 8.19. The summed E-state index contributed by atoms with van der Waals surface area (Å²) in [5.41, 5.74) is 1.16. The van der Waals surface area contributed by atoms with Gasteiger partial charge in [-0.2, -0.15) is 0 Å². The standard InChI is InChI=1S/C19H25ClN4OS/c1-14-22-23-19(24(14)17-5-3-2-4-6-17)26-13-18(25)21-12-11-15-7-9-16(20)10-8-15/h7-10,17H,2-6,11-13H2,1H3,(H,21,25). The lowest BCUT2D eigenvalue weighted by Gasteiger charge is -2.24. The third-order valence-electron chi connectivity index (χ3n) is 4.76. The highest BCUT2D eigenvalue weighted by molar-refractivity contribution is 7.99. The minimum Gasteiger partial charge on any atom is -0.355 e. The lowest BCUT2D eigenvalue weighted by atomic mass is 9.95. The average molecular weight is 393 g/mol. The maximum absolute atomic E-state index is 12.1. The molecule has 1 aliphatic rings. The summed E-state index contributed by atoms with van der Waals surface area (Å²) in [5.74, 6) is 1.34. The Morgan fingerprint density at radius 3 is 2.69 bits per heavy atom. The molecule has 0 atom stereocenters. The summed E-state index contributed by atoms with van der Waals surface area (Å²) < 4.78 is 2.23. The Hall–Kier alpha value is -1.53. The number of nitrogens with zero attached hydrogens (tertiary/aromatic N) is 3. The number of amides is 1. The first-order valence-electron chi connectivity index (χ1n) is 9.19. The normalized spacial score (nSPS) is 15.2. The first kappa shape index (κ1) is 19.2. The molecule has 0 radical (unpaired) electrons. The van der Waals surface area contributed by atoms with Crippen LogP contribution in [-0.2, 0) is 11.2 Å². The van der Waals surface area contributed by atoms with Crippen LogP contribution in [0.1, 0.15) is 49.5 Å². The summed E-state index contributed by atoms with van der Waals surface area (Å²) >= 11 is 7.36. The molecule has 0 spiro atoms. The highest BCUT2D eigenvalue weighted by Crippen LogP contribution is 2.32. The van der Waals surface area contributed by atoms with Crippen LogP contribution in [0.4, 0.5) is 0 Å². The third-order valence-corrected chi connectivity index (χ3v) is 5.95. The van der Waals surface area contributed by atoms with E-state index in [1.165, 1.54) is 43.9 Å². The van der Waals surface area contributed by atoms with Crippen molar-refractivity contribution >= 4 is 29.3 Å². The molecule has 0 unspecified atom stereocenters. The van der Waals surface area contributed by atoms with Gasteiger partial charge in [-0.15, -0.1) is 10.2 Å². The van der Waals surface area contributed by atoms with Crippen molar-refractivity contribution in [1.29, 1.82) is 0 Å². The van der Waals surface area contributed by atoms with Gasteiger partial charge >= 0.3 is 0 Å². The number of halogens is 1. The number of nitrogens with one attached hydrogen (secondary N) is 1. The molecule has 5 nitrogen and oxygen atoms in total. The molecule has 1 saturated carbocycles. The van der Waals surface area contributed by atoms with E-state index in [-0.39, 0.29) is 5.91 Å². The maximum Gasteiger partial charge on any atom is 0.230 e. The Labute approximate surface area is 163 Å². The van der Waals surface area contributed by atoms with Crippen LogP contribution in [0.2, 0.25) is 5.02 Å². The largest absolute Gasteiger partial charge is 0.355 e. The van der Waals surface area contributed by atoms with E-state index in [1.807, 2.05) is 31.2 Å². The Morgan fingerprint density at radius 2 is 1.96 bits per heavy atom. The highest BCUT2D eigenvalue weighted by Gasteiger charge is 2.21. The fraction of sp³-hybridized carbons (Fsp3) is 0.526. The average Bonchev–Trinajstić information content (AvgIpc) is 3.03. The zero-order chi connectivity index (χ0) is 18.4.